The summed E-state index contributed by atoms with van der Waals surface area (Å²) in [5, 5.41) is 15.1. The van der Waals surface area contributed by atoms with Crippen LogP contribution in [0.15, 0.2) is 0 Å². The van der Waals surface area contributed by atoms with E-state index in [1.165, 1.54) is 0 Å². The quantitative estimate of drug-likeness (QED) is 0.672. The van der Waals surface area contributed by atoms with Crippen molar-refractivity contribution < 1.29 is 14.6 Å². The van der Waals surface area contributed by atoms with Crippen molar-refractivity contribution in [3.63, 3.8) is 0 Å². The summed E-state index contributed by atoms with van der Waals surface area (Å²) in [4.78, 5) is 11.6. The number of hydrogen-bond donors (Lipinski definition) is 3. The molecule has 1 atom stereocenters. The van der Waals surface area contributed by atoms with E-state index in [0.717, 1.165) is 19.3 Å². The molecule has 1 saturated heterocycles. The van der Waals surface area contributed by atoms with E-state index < -0.39 is 0 Å². The van der Waals surface area contributed by atoms with Crippen LogP contribution in [-0.2, 0) is 4.74 Å². The molecular weight excluding hydrogens is 220 g/mol. The fourth-order valence-electron chi connectivity index (χ4n) is 1.84. The van der Waals surface area contributed by atoms with Gasteiger partial charge in [0.1, 0.15) is 0 Å². The fraction of sp³-hybridized carbons (Fsp3) is 0.917. The van der Waals surface area contributed by atoms with Crippen LogP contribution in [0.25, 0.3) is 0 Å². The van der Waals surface area contributed by atoms with Crippen LogP contribution in [0.3, 0.4) is 0 Å². The van der Waals surface area contributed by atoms with Gasteiger partial charge in [0.05, 0.1) is 6.61 Å². The van der Waals surface area contributed by atoms with E-state index in [4.69, 9.17) is 4.74 Å². The third kappa shape index (κ3) is 4.52. The van der Waals surface area contributed by atoms with Crippen LogP contribution in [0.2, 0.25) is 0 Å². The van der Waals surface area contributed by atoms with Crippen LogP contribution >= 0.6 is 0 Å². The molecule has 100 valence electrons. The molecule has 1 aliphatic heterocycles. The van der Waals surface area contributed by atoms with Crippen LogP contribution in [0.1, 0.15) is 33.1 Å². The molecule has 1 unspecified atom stereocenters. The van der Waals surface area contributed by atoms with Gasteiger partial charge in [-0.2, -0.15) is 0 Å². The first kappa shape index (κ1) is 14.3. The molecule has 1 rings (SSSR count). The van der Waals surface area contributed by atoms with Crippen molar-refractivity contribution in [2.75, 3.05) is 26.4 Å². The Bertz CT molecular complexity index is 240. The number of amides is 2. The highest BCUT2D eigenvalue weighted by atomic mass is 16.5. The molecule has 1 aliphatic rings. The Labute approximate surface area is 103 Å². The highest BCUT2D eigenvalue weighted by Crippen LogP contribution is 2.28. The molecule has 1 heterocycles. The molecule has 0 aromatic carbocycles. The minimum absolute atomic E-state index is 0.0972. The lowest BCUT2D eigenvalue weighted by atomic mass is 9.81. The van der Waals surface area contributed by atoms with Crippen LogP contribution in [0, 0.1) is 5.41 Å². The smallest absolute Gasteiger partial charge is 0.315 e. The summed E-state index contributed by atoms with van der Waals surface area (Å²) in [6, 6.07) is 0.0217. The van der Waals surface area contributed by atoms with E-state index in [-0.39, 0.29) is 24.1 Å². The molecule has 0 saturated carbocycles. The summed E-state index contributed by atoms with van der Waals surface area (Å²) in [6.07, 6.45) is 2.51. The topological polar surface area (TPSA) is 70.6 Å². The highest BCUT2D eigenvalue weighted by molar-refractivity contribution is 5.74. The van der Waals surface area contributed by atoms with Gasteiger partial charge in [-0.15, -0.1) is 0 Å². The van der Waals surface area contributed by atoms with Gasteiger partial charge in [0.25, 0.3) is 0 Å². The van der Waals surface area contributed by atoms with Gasteiger partial charge in [-0.1, -0.05) is 6.92 Å². The third-order valence-corrected chi connectivity index (χ3v) is 3.50. The van der Waals surface area contributed by atoms with Crippen molar-refractivity contribution >= 4 is 6.03 Å². The second-order valence-electron chi connectivity index (χ2n) is 4.91. The largest absolute Gasteiger partial charge is 0.396 e. The van der Waals surface area contributed by atoms with Crippen LogP contribution in [0.5, 0.6) is 0 Å². The van der Waals surface area contributed by atoms with Crippen molar-refractivity contribution in [3.8, 4) is 0 Å². The Morgan fingerprint density at radius 2 is 2.12 bits per heavy atom. The molecule has 0 aliphatic carbocycles. The first-order valence-electron chi connectivity index (χ1n) is 6.35. The monoisotopic (exact) mass is 244 g/mol. The molecule has 1 fully saturated rings. The van der Waals surface area contributed by atoms with Gasteiger partial charge in [0, 0.05) is 31.2 Å². The average Bonchev–Trinajstić information content (AvgIpc) is 2.37. The van der Waals surface area contributed by atoms with Crippen molar-refractivity contribution in [2.45, 2.75) is 39.2 Å². The number of rotatable bonds is 5. The number of hydrogen-bond acceptors (Lipinski definition) is 3. The Hall–Kier alpha value is -0.810. The Balaban J connectivity index is 2.34. The minimum Gasteiger partial charge on any atom is -0.396 e. The molecule has 2 amide bonds. The van der Waals surface area contributed by atoms with Gasteiger partial charge in [-0.25, -0.2) is 4.79 Å². The number of carbonyl (C=O) groups is 1. The zero-order valence-electron chi connectivity index (χ0n) is 10.8. The number of carbonyl (C=O) groups excluding carboxylic acids is 1. The van der Waals surface area contributed by atoms with Gasteiger partial charge in [-0.05, 0) is 26.2 Å². The number of aliphatic hydroxyl groups excluding tert-OH is 1. The zero-order valence-corrected chi connectivity index (χ0v) is 10.8. The lowest BCUT2D eigenvalue weighted by Crippen LogP contribution is -2.48. The summed E-state index contributed by atoms with van der Waals surface area (Å²) in [6.45, 7) is 5.92. The lowest BCUT2D eigenvalue weighted by Gasteiger charge is -2.35. The maximum Gasteiger partial charge on any atom is 0.315 e. The number of ether oxygens (including phenoxy) is 1. The Morgan fingerprint density at radius 3 is 2.65 bits per heavy atom. The molecule has 5 nitrogen and oxygen atoms in total. The van der Waals surface area contributed by atoms with E-state index in [2.05, 4.69) is 10.6 Å². The normalized spacial score (nSPS) is 20.6. The first-order chi connectivity index (χ1) is 8.12. The summed E-state index contributed by atoms with van der Waals surface area (Å²) < 4.78 is 5.28. The summed E-state index contributed by atoms with van der Waals surface area (Å²) in [7, 11) is 0. The summed E-state index contributed by atoms with van der Waals surface area (Å²) in [5.41, 5.74) is -0.203. The number of aliphatic hydroxyl groups is 1. The zero-order chi connectivity index (χ0) is 12.7. The van der Waals surface area contributed by atoms with Crippen LogP contribution < -0.4 is 10.6 Å². The molecule has 3 N–H and O–H groups in total. The van der Waals surface area contributed by atoms with Crippen LogP contribution in [0.4, 0.5) is 4.79 Å². The van der Waals surface area contributed by atoms with Crippen molar-refractivity contribution in [3.05, 3.63) is 0 Å². The maximum absolute atomic E-state index is 11.6. The highest BCUT2D eigenvalue weighted by Gasteiger charge is 2.32. The SMILES string of the molecule is CCC(C)NC(=O)NCC1(CO)CCOCC1. The molecule has 0 radical (unpaired) electrons. The van der Waals surface area contributed by atoms with Gasteiger partial charge in [0.2, 0.25) is 0 Å². The second kappa shape index (κ2) is 6.81. The molecule has 0 aromatic heterocycles. The first-order valence-corrected chi connectivity index (χ1v) is 6.35. The third-order valence-electron chi connectivity index (χ3n) is 3.50. The molecule has 5 heteroatoms. The minimum atomic E-state index is -0.203. The molecule has 17 heavy (non-hydrogen) atoms. The molecular formula is C12H24N2O3. The Morgan fingerprint density at radius 1 is 1.47 bits per heavy atom. The van der Waals surface area contributed by atoms with Gasteiger partial charge < -0.3 is 20.5 Å². The standard InChI is InChI=1S/C12H24N2O3/c1-3-10(2)14-11(16)13-8-12(9-15)4-6-17-7-5-12/h10,15H,3-9H2,1-2H3,(H2,13,14,16). The van der Waals surface area contributed by atoms with E-state index in [1.54, 1.807) is 0 Å². The van der Waals surface area contributed by atoms with E-state index in [0.29, 0.717) is 19.8 Å². The van der Waals surface area contributed by atoms with Crippen molar-refractivity contribution in [1.29, 1.82) is 0 Å². The molecule has 0 bridgehead atoms. The van der Waals surface area contributed by atoms with E-state index in [9.17, 15) is 9.90 Å². The predicted molar refractivity (Wildman–Crippen MR) is 65.9 cm³/mol. The van der Waals surface area contributed by atoms with E-state index in [1.807, 2.05) is 13.8 Å². The van der Waals surface area contributed by atoms with E-state index >= 15 is 0 Å². The van der Waals surface area contributed by atoms with Crippen LogP contribution in [-0.4, -0.2) is 43.5 Å². The van der Waals surface area contributed by atoms with Gasteiger partial charge in [-0.3, -0.25) is 0 Å². The van der Waals surface area contributed by atoms with Gasteiger partial charge in [0.15, 0.2) is 0 Å². The second-order valence-corrected chi connectivity index (χ2v) is 4.91. The number of nitrogens with one attached hydrogen (secondary N) is 2. The summed E-state index contributed by atoms with van der Waals surface area (Å²) in [5.74, 6) is 0. The Kier molecular flexibility index (Phi) is 5.71. The fourth-order valence-corrected chi connectivity index (χ4v) is 1.84. The maximum atomic E-state index is 11.6. The summed E-state index contributed by atoms with van der Waals surface area (Å²) >= 11 is 0. The lowest BCUT2D eigenvalue weighted by molar-refractivity contribution is -0.0139. The average molecular weight is 244 g/mol. The van der Waals surface area contributed by atoms with Crippen molar-refractivity contribution in [1.82, 2.24) is 10.6 Å². The van der Waals surface area contributed by atoms with Gasteiger partial charge >= 0.3 is 6.03 Å². The molecule has 0 spiro atoms. The molecule has 0 aromatic rings. The predicted octanol–water partition coefficient (Wildman–Crippen LogP) is 0.873. The number of urea groups is 1. The van der Waals surface area contributed by atoms with Crippen molar-refractivity contribution in [2.24, 2.45) is 5.41 Å².